The molecule has 0 aromatic heterocycles. The summed E-state index contributed by atoms with van der Waals surface area (Å²) in [5, 5.41) is 0.170. The summed E-state index contributed by atoms with van der Waals surface area (Å²) in [6.07, 6.45) is 0. The summed E-state index contributed by atoms with van der Waals surface area (Å²) in [6, 6.07) is 3.40. The first-order valence-corrected chi connectivity index (χ1v) is 4.07. The molecule has 1 rings (SSSR count). The van der Waals surface area contributed by atoms with Gasteiger partial charge in [-0.3, -0.25) is 0 Å². The Bertz CT molecular complexity index is 271. The topological polar surface area (TPSA) is 0 Å². The van der Waals surface area contributed by atoms with Gasteiger partial charge >= 0.3 is 0 Å². The van der Waals surface area contributed by atoms with Gasteiger partial charge in [-0.15, -0.1) is 11.6 Å². The molecule has 0 aliphatic carbocycles. The van der Waals surface area contributed by atoms with Crippen molar-refractivity contribution < 1.29 is 4.39 Å². The van der Waals surface area contributed by atoms with Crippen molar-refractivity contribution in [2.75, 3.05) is 0 Å². The third kappa shape index (κ3) is 1.66. The van der Waals surface area contributed by atoms with Crippen LogP contribution in [0.25, 0.3) is 0 Å². The van der Waals surface area contributed by atoms with E-state index >= 15 is 0 Å². The van der Waals surface area contributed by atoms with Gasteiger partial charge in [-0.2, -0.15) is 0 Å². The maximum atomic E-state index is 13.0. The van der Waals surface area contributed by atoms with E-state index in [1.54, 1.807) is 19.1 Å². The van der Waals surface area contributed by atoms with Gasteiger partial charge in [-0.1, -0.05) is 23.7 Å². The highest BCUT2D eigenvalue weighted by molar-refractivity contribution is 6.31. The fourth-order valence-corrected chi connectivity index (χ4v) is 1.18. The van der Waals surface area contributed by atoms with Crippen molar-refractivity contribution in [1.82, 2.24) is 0 Å². The molecular formula is C8H7Cl2F. The van der Waals surface area contributed by atoms with Crippen LogP contribution in [0.4, 0.5) is 4.39 Å². The van der Waals surface area contributed by atoms with E-state index in [-0.39, 0.29) is 10.9 Å². The standard InChI is InChI=1S/C8H7Cl2F/c1-5-2-3-6(4-9)8(11)7(5)10/h2-3H,4H2,1H3. The monoisotopic (exact) mass is 192 g/mol. The van der Waals surface area contributed by atoms with Crippen molar-refractivity contribution in [2.24, 2.45) is 0 Å². The SMILES string of the molecule is Cc1ccc(CCl)c(F)c1Cl. The van der Waals surface area contributed by atoms with Gasteiger partial charge in [-0.25, -0.2) is 4.39 Å². The summed E-state index contributed by atoms with van der Waals surface area (Å²) in [6.45, 7) is 1.75. The van der Waals surface area contributed by atoms with Crippen LogP contribution in [0.3, 0.4) is 0 Å². The third-order valence-electron chi connectivity index (χ3n) is 1.50. The molecule has 0 atom stereocenters. The van der Waals surface area contributed by atoms with Crippen LogP contribution in [0.2, 0.25) is 5.02 Å². The fourth-order valence-electron chi connectivity index (χ4n) is 0.789. The van der Waals surface area contributed by atoms with Crippen molar-refractivity contribution in [3.63, 3.8) is 0 Å². The summed E-state index contributed by atoms with van der Waals surface area (Å²) < 4.78 is 13.0. The molecule has 1 aromatic rings. The van der Waals surface area contributed by atoms with Crippen LogP contribution in [0.5, 0.6) is 0 Å². The summed E-state index contributed by atoms with van der Waals surface area (Å²) in [5.41, 5.74) is 1.18. The maximum Gasteiger partial charge on any atom is 0.146 e. The molecule has 0 aliphatic rings. The zero-order chi connectivity index (χ0) is 8.43. The molecule has 0 unspecified atom stereocenters. The lowest BCUT2D eigenvalue weighted by molar-refractivity contribution is 0.616. The zero-order valence-corrected chi connectivity index (χ0v) is 7.51. The predicted molar refractivity (Wildman–Crippen MR) is 45.7 cm³/mol. The van der Waals surface area contributed by atoms with Crippen LogP contribution < -0.4 is 0 Å². The average molecular weight is 193 g/mol. The van der Waals surface area contributed by atoms with Crippen molar-refractivity contribution in [1.29, 1.82) is 0 Å². The molecule has 60 valence electrons. The average Bonchev–Trinajstić information content (AvgIpc) is 2.01. The molecule has 0 saturated heterocycles. The van der Waals surface area contributed by atoms with Crippen LogP contribution in [0.1, 0.15) is 11.1 Å². The Hall–Kier alpha value is -0.270. The van der Waals surface area contributed by atoms with Crippen molar-refractivity contribution in [3.05, 3.63) is 34.1 Å². The van der Waals surface area contributed by atoms with Crippen LogP contribution in [-0.2, 0) is 5.88 Å². The van der Waals surface area contributed by atoms with Crippen molar-refractivity contribution in [2.45, 2.75) is 12.8 Å². The highest BCUT2D eigenvalue weighted by atomic mass is 35.5. The first-order chi connectivity index (χ1) is 5.16. The molecule has 3 heteroatoms. The second kappa shape index (κ2) is 3.42. The Morgan fingerprint density at radius 3 is 2.64 bits per heavy atom. The normalized spacial score (nSPS) is 10.2. The van der Waals surface area contributed by atoms with Gasteiger partial charge < -0.3 is 0 Å². The van der Waals surface area contributed by atoms with Gasteiger partial charge in [0.1, 0.15) is 5.82 Å². The van der Waals surface area contributed by atoms with E-state index in [0.29, 0.717) is 5.56 Å². The summed E-state index contributed by atoms with van der Waals surface area (Å²) >= 11 is 11.1. The minimum atomic E-state index is -0.401. The third-order valence-corrected chi connectivity index (χ3v) is 2.25. The highest BCUT2D eigenvalue weighted by Crippen LogP contribution is 2.23. The number of alkyl halides is 1. The number of rotatable bonds is 1. The molecular weight excluding hydrogens is 186 g/mol. The molecule has 0 heterocycles. The highest BCUT2D eigenvalue weighted by Gasteiger charge is 2.07. The summed E-state index contributed by atoms with van der Waals surface area (Å²) in [5.74, 6) is -0.243. The first-order valence-electron chi connectivity index (χ1n) is 3.16. The minimum absolute atomic E-state index is 0.159. The largest absolute Gasteiger partial charge is 0.205 e. The number of benzene rings is 1. The van der Waals surface area contributed by atoms with E-state index in [0.717, 1.165) is 5.56 Å². The van der Waals surface area contributed by atoms with Gasteiger partial charge in [0.25, 0.3) is 0 Å². The van der Waals surface area contributed by atoms with E-state index in [4.69, 9.17) is 23.2 Å². The van der Waals surface area contributed by atoms with Gasteiger partial charge in [0, 0.05) is 5.56 Å². The van der Waals surface area contributed by atoms with Crippen LogP contribution in [0.15, 0.2) is 12.1 Å². The Labute approximate surface area is 74.9 Å². The Morgan fingerprint density at radius 2 is 2.09 bits per heavy atom. The Balaban J connectivity index is 3.25. The number of halogens is 3. The molecule has 0 amide bonds. The van der Waals surface area contributed by atoms with Crippen LogP contribution in [-0.4, -0.2) is 0 Å². The summed E-state index contributed by atoms with van der Waals surface area (Å²) in [4.78, 5) is 0. The van der Waals surface area contributed by atoms with Crippen LogP contribution >= 0.6 is 23.2 Å². The van der Waals surface area contributed by atoms with Crippen LogP contribution in [0, 0.1) is 12.7 Å². The molecule has 0 fully saturated rings. The smallest absolute Gasteiger partial charge is 0.146 e. The Morgan fingerprint density at radius 1 is 1.45 bits per heavy atom. The summed E-state index contributed by atoms with van der Waals surface area (Å²) in [7, 11) is 0. The second-order valence-electron chi connectivity index (χ2n) is 2.30. The van der Waals surface area contributed by atoms with E-state index in [2.05, 4.69) is 0 Å². The maximum absolute atomic E-state index is 13.0. The minimum Gasteiger partial charge on any atom is -0.205 e. The van der Waals surface area contributed by atoms with Crippen molar-refractivity contribution in [3.8, 4) is 0 Å². The van der Waals surface area contributed by atoms with E-state index in [1.165, 1.54) is 0 Å². The quantitative estimate of drug-likeness (QED) is 0.598. The van der Waals surface area contributed by atoms with E-state index in [1.807, 2.05) is 0 Å². The predicted octanol–water partition coefficient (Wildman–Crippen LogP) is 3.53. The molecule has 11 heavy (non-hydrogen) atoms. The molecule has 0 spiro atoms. The number of hydrogen-bond acceptors (Lipinski definition) is 0. The molecule has 0 nitrogen and oxygen atoms in total. The molecule has 1 aromatic carbocycles. The molecule has 0 saturated carbocycles. The van der Waals surface area contributed by atoms with Gasteiger partial charge in [0.15, 0.2) is 0 Å². The van der Waals surface area contributed by atoms with Gasteiger partial charge in [0.05, 0.1) is 10.9 Å². The second-order valence-corrected chi connectivity index (χ2v) is 2.95. The molecule has 0 bridgehead atoms. The van der Waals surface area contributed by atoms with E-state index in [9.17, 15) is 4.39 Å². The van der Waals surface area contributed by atoms with Gasteiger partial charge in [0.2, 0.25) is 0 Å². The molecule has 0 N–H and O–H groups in total. The zero-order valence-electron chi connectivity index (χ0n) is 6.00. The Kier molecular flexibility index (Phi) is 2.74. The van der Waals surface area contributed by atoms with E-state index < -0.39 is 5.82 Å². The van der Waals surface area contributed by atoms with Gasteiger partial charge in [-0.05, 0) is 12.5 Å². The number of hydrogen-bond donors (Lipinski definition) is 0. The lowest BCUT2D eigenvalue weighted by atomic mass is 10.1. The molecule has 0 aliphatic heterocycles. The lowest BCUT2D eigenvalue weighted by Gasteiger charge is -2.02. The molecule has 0 radical (unpaired) electrons. The van der Waals surface area contributed by atoms with Crippen molar-refractivity contribution >= 4 is 23.2 Å². The fraction of sp³-hybridized carbons (Fsp3) is 0.250. The lowest BCUT2D eigenvalue weighted by Crippen LogP contribution is -1.89. The number of aryl methyl sites for hydroxylation is 1. The first kappa shape index (κ1) is 8.82.